The fourth-order valence-electron chi connectivity index (χ4n) is 5.62. The summed E-state index contributed by atoms with van der Waals surface area (Å²) < 4.78 is 2.24. The van der Waals surface area contributed by atoms with Crippen LogP contribution >= 0.6 is 0 Å². The van der Waals surface area contributed by atoms with E-state index in [1.165, 1.54) is 49.9 Å². The third-order valence-corrected chi connectivity index (χ3v) is 6.83. The van der Waals surface area contributed by atoms with E-state index in [1.54, 1.807) is 0 Å². The molecule has 0 amide bonds. The van der Waals surface area contributed by atoms with Gasteiger partial charge in [-0.25, -0.2) is 4.98 Å². The van der Waals surface area contributed by atoms with Crippen LogP contribution < -0.4 is 16.4 Å². The van der Waals surface area contributed by atoms with Crippen LogP contribution in [-0.2, 0) is 0 Å². The van der Waals surface area contributed by atoms with Crippen LogP contribution in [0.4, 0.5) is 0 Å². The molecule has 3 heteroatoms. The van der Waals surface area contributed by atoms with Gasteiger partial charge in [-0.2, -0.15) is 0 Å². The molecule has 4 aromatic carbocycles. The van der Waals surface area contributed by atoms with Gasteiger partial charge in [0.1, 0.15) is 5.82 Å². The molecule has 1 aliphatic heterocycles. The zero-order valence-electron chi connectivity index (χ0n) is 19.2. The first-order valence-corrected chi connectivity index (χ1v) is 11.5. The normalized spacial score (nSPS) is 12.0. The van der Waals surface area contributed by atoms with E-state index in [1.807, 2.05) is 6.20 Å². The second-order valence-corrected chi connectivity index (χ2v) is 9.10. The fourth-order valence-corrected chi connectivity index (χ4v) is 5.62. The van der Waals surface area contributed by atoms with E-state index in [0.29, 0.717) is 0 Å². The van der Waals surface area contributed by atoms with Crippen molar-refractivity contribution < 1.29 is 0 Å². The van der Waals surface area contributed by atoms with Gasteiger partial charge < -0.3 is 0 Å². The SMILES string of the molecule is Cc1cc(C)c(-n2ccnc2-c2cccc(B3c4ccccc4-c4ccccc43)c2)c(C)c1. The Balaban J connectivity index is 1.50. The summed E-state index contributed by atoms with van der Waals surface area (Å²) in [7, 11) is 0. The molecular weight excluding hydrogens is 399 g/mol. The minimum absolute atomic E-state index is 0.239. The van der Waals surface area contributed by atoms with Crippen LogP contribution in [0.1, 0.15) is 16.7 Å². The zero-order valence-corrected chi connectivity index (χ0v) is 19.2. The van der Waals surface area contributed by atoms with Crippen LogP contribution in [0.5, 0.6) is 0 Å². The van der Waals surface area contributed by atoms with E-state index in [2.05, 4.69) is 116 Å². The summed E-state index contributed by atoms with van der Waals surface area (Å²) in [5, 5.41) is 0. The Kier molecular flexibility index (Phi) is 4.58. The summed E-state index contributed by atoms with van der Waals surface area (Å²) in [5.41, 5.74) is 12.9. The van der Waals surface area contributed by atoms with E-state index < -0.39 is 0 Å². The topological polar surface area (TPSA) is 17.8 Å². The minimum atomic E-state index is 0.239. The van der Waals surface area contributed by atoms with Crippen molar-refractivity contribution in [3.63, 3.8) is 0 Å². The maximum absolute atomic E-state index is 4.79. The van der Waals surface area contributed by atoms with E-state index in [4.69, 9.17) is 4.98 Å². The molecule has 0 bridgehead atoms. The molecule has 1 aromatic heterocycles. The lowest BCUT2D eigenvalue weighted by Crippen LogP contribution is -2.48. The summed E-state index contributed by atoms with van der Waals surface area (Å²) in [4.78, 5) is 4.79. The lowest BCUT2D eigenvalue weighted by Gasteiger charge is -2.16. The average Bonchev–Trinajstić information content (AvgIpc) is 3.42. The van der Waals surface area contributed by atoms with Gasteiger partial charge in [0.2, 0.25) is 6.71 Å². The molecule has 158 valence electrons. The molecule has 33 heavy (non-hydrogen) atoms. The van der Waals surface area contributed by atoms with E-state index in [-0.39, 0.29) is 6.71 Å². The van der Waals surface area contributed by atoms with Crippen molar-refractivity contribution in [3.8, 4) is 28.2 Å². The lowest BCUT2D eigenvalue weighted by molar-refractivity contribution is 1.03. The highest BCUT2D eigenvalue weighted by Gasteiger charge is 2.32. The number of imidazole rings is 1. The first-order valence-electron chi connectivity index (χ1n) is 11.5. The number of aromatic nitrogens is 2. The van der Waals surface area contributed by atoms with Crippen molar-refractivity contribution in [2.45, 2.75) is 20.8 Å². The highest BCUT2D eigenvalue weighted by Crippen LogP contribution is 2.27. The Bertz CT molecular complexity index is 1440. The van der Waals surface area contributed by atoms with Crippen LogP contribution in [-0.4, -0.2) is 16.3 Å². The number of nitrogens with zero attached hydrogens (tertiary/aromatic N) is 2. The van der Waals surface area contributed by atoms with Crippen LogP contribution in [0.2, 0.25) is 0 Å². The monoisotopic (exact) mass is 424 g/mol. The van der Waals surface area contributed by atoms with Crippen molar-refractivity contribution >= 4 is 23.1 Å². The first kappa shape index (κ1) is 19.8. The van der Waals surface area contributed by atoms with Gasteiger partial charge >= 0.3 is 0 Å². The highest BCUT2D eigenvalue weighted by molar-refractivity contribution is 6.99. The largest absolute Gasteiger partial charge is 0.299 e. The van der Waals surface area contributed by atoms with E-state index >= 15 is 0 Å². The number of hydrogen-bond acceptors (Lipinski definition) is 1. The van der Waals surface area contributed by atoms with Gasteiger partial charge in [0.15, 0.2) is 0 Å². The van der Waals surface area contributed by atoms with Crippen LogP contribution in [0.25, 0.3) is 28.2 Å². The number of rotatable bonds is 3. The molecular formula is C30H25BN2. The van der Waals surface area contributed by atoms with Crippen molar-refractivity contribution in [2.75, 3.05) is 0 Å². The summed E-state index contributed by atoms with van der Waals surface area (Å²) in [6.45, 7) is 6.76. The van der Waals surface area contributed by atoms with Gasteiger partial charge in [0.25, 0.3) is 0 Å². The molecule has 0 N–H and O–H groups in total. The quantitative estimate of drug-likeness (QED) is 0.367. The highest BCUT2D eigenvalue weighted by atomic mass is 15.1. The molecule has 0 atom stereocenters. The lowest BCUT2D eigenvalue weighted by atomic mass is 9.39. The Morgan fingerprint density at radius 3 is 2.00 bits per heavy atom. The van der Waals surface area contributed by atoms with Gasteiger partial charge in [0, 0.05) is 18.0 Å². The van der Waals surface area contributed by atoms with Gasteiger partial charge in [-0.3, -0.25) is 4.57 Å². The molecule has 2 heterocycles. The van der Waals surface area contributed by atoms with Crippen LogP contribution in [0.3, 0.4) is 0 Å². The summed E-state index contributed by atoms with van der Waals surface area (Å²) in [5.74, 6) is 0.978. The average molecular weight is 424 g/mol. The standard InChI is InChI=1S/C30H25BN2/c1-20-17-21(2)29(22(3)18-20)33-16-15-32-30(33)23-9-8-10-24(19-23)31-27-13-6-4-11-25(27)26-12-5-7-14-28(26)31/h4-19H,1-3H3. The summed E-state index contributed by atoms with van der Waals surface area (Å²) >= 11 is 0. The molecule has 6 rings (SSSR count). The predicted molar refractivity (Wildman–Crippen MR) is 140 cm³/mol. The maximum atomic E-state index is 4.79. The number of aryl methyl sites for hydroxylation is 3. The van der Waals surface area contributed by atoms with Crippen LogP contribution in [0.15, 0.2) is 97.3 Å². The Morgan fingerprint density at radius 2 is 1.33 bits per heavy atom. The van der Waals surface area contributed by atoms with Crippen molar-refractivity contribution in [2.24, 2.45) is 0 Å². The molecule has 0 radical (unpaired) electrons. The van der Waals surface area contributed by atoms with Gasteiger partial charge in [-0.15, -0.1) is 0 Å². The molecule has 0 saturated heterocycles. The minimum Gasteiger partial charge on any atom is -0.299 e. The third-order valence-electron chi connectivity index (χ3n) is 6.83. The van der Waals surface area contributed by atoms with Crippen molar-refractivity contribution in [1.29, 1.82) is 0 Å². The van der Waals surface area contributed by atoms with Crippen molar-refractivity contribution in [3.05, 3.63) is 114 Å². The summed E-state index contributed by atoms with van der Waals surface area (Å²) in [6, 6.07) is 31.0. The van der Waals surface area contributed by atoms with Gasteiger partial charge in [0.05, 0.1) is 5.69 Å². The molecule has 0 saturated carbocycles. The van der Waals surface area contributed by atoms with Crippen molar-refractivity contribution in [1.82, 2.24) is 9.55 Å². The predicted octanol–water partition coefficient (Wildman–Crippen LogP) is 4.96. The summed E-state index contributed by atoms with van der Waals surface area (Å²) in [6.07, 6.45) is 3.98. The molecule has 0 unspecified atom stereocenters. The molecule has 2 nitrogen and oxygen atoms in total. The molecule has 0 aliphatic carbocycles. The maximum Gasteiger partial charge on any atom is 0.242 e. The number of benzene rings is 4. The van der Waals surface area contributed by atoms with Gasteiger partial charge in [-0.05, 0) is 43.0 Å². The number of hydrogen-bond donors (Lipinski definition) is 0. The van der Waals surface area contributed by atoms with E-state index in [9.17, 15) is 0 Å². The van der Waals surface area contributed by atoms with E-state index in [0.717, 1.165) is 11.4 Å². The molecule has 1 aliphatic rings. The Hall–Kier alpha value is -3.85. The second-order valence-electron chi connectivity index (χ2n) is 9.10. The molecule has 0 fully saturated rings. The fraction of sp³-hybridized carbons (Fsp3) is 0.100. The van der Waals surface area contributed by atoms with Gasteiger partial charge in [-0.1, -0.05) is 107 Å². The number of fused-ring (bicyclic) bond motifs is 3. The Labute approximate surface area is 195 Å². The second kappa shape index (κ2) is 7.63. The Morgan fingerprint density at radius 1 is 0.697 bits per heavy atom. The zero-order chi connectivity index (χ0) is 22.5. The first-order chi connectivity index (χ1) is 16.1. The third kappa shape index (κ3) is 3.15. The molecule has 5 aromatic rings. The van der Waals surface area contributed by atoms with Crippen LogP contribution in [0, 0.1) is 20.8 Å². The smallest absolute Gasteiger partial charge is 0.242 e. The molecule has 0 spiro atoms.